The van der Waals surface area contributed by atoms with Gasteiger partial charge in [0.05, 0.1) is 0 Å². The van der Waals surface area contributed by atoms with Gasteiger partial charge >= 0.3 is 105 Å². The molecule has 1 aromatic heterocycles. The van der Waals surface area contributed by atoms with Crippen molar-refractivity contribution in [3.05, 3.63) is 24.5 Å². The molecule has 0 N–H and O–H groups in total. The van der Waals surface area contributed by atoms with Crippen molar-refractivity contribution in [2.24, 2.45) is 0 Å². The molecule has 0 atom stereocenters. The van der Waals surface area contributed by atoms with Crippen molar-refractivity contribution in [1.82, 2.24) is 4.98 Å². The Morgan fingerprint density at radius 2 is 1.44 bits per heavy atom. The molecule has 2 heteroatoms. The SMILES string of the molecule is C[CH](C)[Sn]([c]1cccnc1)([CH](C)C)[CH](C)C. The van der Waals surface area contributed by atoms with E-state index in [4.69, 9.17) is 0 Å². The molecule has 16 heavy (non-hydrogen) atoms. The summed E-state index contributed by atoms with van der Waals surface area (Å²) < 4.78 is 4.09. The molecule has 0 saturated carbocycles. The van der Waals surface area contributed by atoms with Gasteiger partial charge in [-0.15, -0.1) is 0 Å². The van der Waals surface area contributed by atoms with Crippen LogP contribution in [0, 0.1) is 0 Å². The summed E-state index contributed by atoms with van der Waals surface area (Å²) in [5, 5.41) is 0. The fourth-order valence-electron chi connectivity index (χ4n) is 3.62. The van der Waals surface area contributed by atoms with Crippen molar-refractivity contribution in [3.8, 4) is 0 Å². The van der Waals surface area contributed by atoms with Gasteiger partial charge in [0.25, 0.3) is 0 Å². The summed E-state index contributed by atoms with van der Waals surface area (Å²) in [6, 6.07) is 4.43. The monoisotopic (exact) mass is 327 g/mol. The molecule has 1 nitrogen and oxygen atoms in total. The van der Waals surface area contributed by atoms with Crippen molar-refractivity contribution >= 4 is 22.0 Å². The number of aromatic nitrogens is 1. The van der Waals surface area contributed by atoms with Crippen LogP contribution < -0.4 is 3.58 Å². The van der Waals surface area contributed by atoms with Gasteiger partial charge < -0.3 is 0 Å². The number of hydrogen-bond donors (Lipinski definition) is 0. The third kappa shape index (κ3) is 2.29. The Hall–Kier alpha value is -0.0513. The first-order chi connectivity index (χ1) is 7.44. The molecule has 0 saturated heterocycles. The number of pyridine rings is 1. The topological polar surface area (TPSA) is 12.9 Å². The zero-order valence-corrected chi connectivity index (χ0v) is 14.3. The molecule has 1 aromatic rings. The van der Waals surface area contributed by atoms with Crippen LogP contribution in [0.3, 0.4) is 0 Å². The summed E-state index contributed by atoms with van der Waals surface area (Å²) in [5.41, 5.74) is 0. The first kappa shape index (κ1) is 14.0. The summed E-state index contributed by atoms with van der Waals surface area (Å²) >= 11 is -2.33. The Kier molecular flexibility index (Phi) is 4.84. The van der Waals surface area contributed by atoms with Crippen LogP contribution in [0.1, 0.15) is 41.5 Å². The van der Waals surface area contributed by atoms with E-state index in [-0.39, 0.29) is 0 Å². The van der Waals surface area contributed by atoms with Crippen LogP contribution in [0.2, 0.25) is 11.8 Å². The maximum absolute atomic E-state index is 4.35. The van der Waals surface area contributed by atoms with Gasteiger partial charge in [-0.2, -0.15) is 0 Å². The number of hydrogen-bond acceptors (Lipinski definition) is 1. The predicted molar refractivity (Wildman–Crippen MR) is 74.9 cm³/mol. The molecule has 0 unspecified atom stereocenters. The second-order valence-corrected chi connectivity index (χ2v) is 22.5. The molecule has 0 aliphatic heterocycles. The summed E-state index contributed by atoms with van der Waals surface area (Å²) in [4.78, 5) is 4.35. The Bertz CT molecular complexity index is 295. The fraction of sp³-hybridized carbons (Fsp3) is 0.643. The van der Waals surface area contributed by atoms with Gasteiger partial charge in [0, 0.05) is 0 Å². The van der Waals surface area contributed by atoms with Gasteiger partial charge in [-0.05, 0) is 0 Å². The van der Waals surface area contributed by atoms with Crippen LogP contribution in [0.25, 0.3) is 0 Å². The average molecular weight is 326 g/mol. The zero-order valence-electron chi connectivity index (χ0n) is 11.5. The number of nitrogens with zero attached hydrogens (tertiary/aromatic N) is 1. The van der Waals surface area contributed by atoms with Crippen molar-refractivity contribution in [2.45, 2.75) is 53.3 Å². The van der Waals surface area contributed by atoms with Gasteiger partial charge in [0.2, 0.25) is 0 Å². The van der Waals surface area contributed by atoms with Gasteiger partial charge in [0.1, 0.15) is 0 Å². The van der Waals surface area contributed by atoms with Crippen molar-refractivity contribution in [2.75, 3.05) is 0 Å². The molecule has 0 amide bonds. The van der Waals surface area contributed by atoms with Crippen LogP contribution in [-0.4, -0.2) is 23.4 Å². The molecular weight excluding hydrogens is 301 g/mol. The van der Waals surface area contributed by atoms with E-state index in [1.807, 2.05) is 6.20 Å². The van der Waals surface area contributed by atoms with Crippen LogP contribution in [-0.2, 0) is 0 Å². The predicted octanol–water partition coefficient (Wildman–Crippen LogP) is 3.97. The molecule has 0 aromatic carbocycles. The van der Waals surface area contributed by atoms with Crippen LogP contribution in [0.15, 0.2) is 24.5 Å². The van der Waals surface area contributed by atoms with Crippen molar-refractivity contribution in [1.29, 1.82) is 0 Å². The van der Waals surface area contributed by atoms with Crippen LogP contribution in [0.4, 0.5) is 0 Å². The molecule has 0 fully saturated rings. The van der Waals surface area contributed by atoms with Crippen molar-refractivity contribution in [3.63, 3.8) is 0 Å². The van der Waals surface area contributed by atoms with E-state index in [2.05, 4.69) is 64.9 Å². The van der Waals surface area contributed by atoms with Gasteiger partial charge in [-0.25, -0.2) is 0 Å². The van der Waals surface area contributed by atoms with E-state index >= 15 is 0 Å². The Balaban J connectivity index is 3.34. The Morgan fingerprint density at radius 1 is 0.938 bits per heavy atom. The van der Waals surface area contributed by atoms with Crippen LogP contribution >= 0.6 is 0 Å². The second kappa shape index (κ2) is 5.52. The quantitative estimate of drug-likeness (QED) is 0.763. The molecule has 0 radical (unpaired) electrons. The summed E-state index contributed by atoms with van der Waals surface area (Å²) in [6.07, 6.45) is 4.02. The third-order valence-corrected chi connectivity index (χ3v) is 24.1. The second-order valence-electron chi connectivity index (χ2n) is 5.64. The van der Waals surface area contributed by atoms with Crippen LogP contribution in [0.5, 0.6) is 0 Å². The minimum atomic E-state index is -2.33. The first-order valence-electron chi connectivity index (χ1n) is 6.34. The van der Waals surface area contributed by atoms with E-state index < -0.39 is 18.4 Å². The fourth-order valence-corrected chi connectivity index (χ4v) is 22.7. The molecule has 0 aliphatic rings. The Labute approximate surface area is 105 Å². The molecule has 1 heterocycles. The molecule has 1 rings (SSSR count). The maximum atomic E-state index is 4.35. The van der Waals surface area contributed by atoms with E-state index in [9.17, 15) is 0 Å². The zero-order chi connectivity index (χ0) is 12.3. The summed E-state index contributed by atoms with van der Waals surface area (Å²) in [6.45, 7) is 14.5. The van der Waals surface area contributed by atoms with E-state index in [0.717, 1.165) is 11.8 Å². The summed E-state index contributed by atoms with van der Waals surface area (Å²) in [5.74, 6) is 0. The molecule has 0 bridgehead atoms. The molecular formula is C14H25NSn. The normalized spacial score (nSPS) is 12.8. The van der Waals surface area contributed by atoms with E-state index in [1.165, 1.54) is 0 Å². The molecule has 90 valence electrons. The molecule has 0 spiro atoms. The standard InChI is InChI=1S/C5H4N.3C3H7.Sn/c1-2-4-6-5-3-1;3*1-3-2;/h1-2,4-5H;3*3H,1-2H3;. The number of rotatable bonds is 4. The van der Waals surface area contributed by atoms with Gasteiger partial charge in [-0.1, -0.05) is 0 Å². The Morgan fingerprint density at radius 3 is 1.75 bits per heavy atom. The van der Waals surface area contributed by atoms with E-state index in [0.29, 0.717) is 0 Å². The molecule has 0 aliphatic carbocycles. The van der Waals surface area contributed by atoms with Gasteiger partial charge in [-0.3, -0.25) is 0 Å². The third-order valence-electron chi connectivity index (χ3n) is 4.03. The summed E-state index contributed by atoms with van der Waals surface area (Å²) in [7, 11) is 0. The average Bonchev–Trinajstić information content (AvgIpc) is 2.18. The minimum absolute atomic E-state index is 0.832. The first-order valence-corrected chi connectivity index (χ1v) is 12.7. The van der Waals surface area contributed by atoms with E-state index in [1.54, 1.807) is 3.58 Å². The van der Waals surface area contributed by atoms with Gasteiger partial charge in [0.15, 0.2) is 0 Å². The van der Waals surface area contributed by atoms with Crippen molar-refractivity contribution < 1.29 is 0 Å².